The van der Waals surface area contributed by atoms with Crippen molar-refractivity contribution in [1.29, 1.82) is 0 Å². The summed E-state index contributed by atoms with van der Waals surface area (Å²) in [6.07, 6.45) is 0. The average Bonchev–Trinajstić information content (AvgIpc) is 2.55. The molecule has 2 amide bonds. The number of ketones is 1. The minimum absolute atomic E-state index is 0.0665. The largest absolute Gasteiger partial charge is 0.322 e. The number of benzene rings is 1. The molecule has 1 saturated heterocycles. The fourth-order valence-corrected chi connectivity index (χ4v) is 3.46. The fourth-order valence-electron chi connectivity index (χ4n) is 2.37. The Morgan fingerprint density at radius 1 is 1.17 bits per heavy atom. The van der Waals surface area contributed by atoms with E-state index < -0.39 is 10.0 Å². The molecule has 0 unspecified atom stereocenters. The molecule has 1 N–H and O–H groups in total. The van der Waals surface area contributed by atoms with Crippen molar-refractivity contribution in [1.82, 2.24) is 9.21 Å². The molecule has 0 spiro atoms. The van der Waals surface area contributed by atoms with Gasteiger partial charge in [0.2, 0.25) is 10.0 Å². The third kappa shape index (κ3) is 4.29. The molecule has 0 aliphatic carbocycles. The number of carbonyl (C=O) groups excluding carboxylic acids is 2. The van der Waals surface area contributed by atoms with Gasteiger partial charge >= 0.3 is 6.03 Å². The highest BCUT2D eigenvalue weighted by Crippen LogP contribution is 2.14. The molecule has 1 aliphatic heterocycles. The Morgan fingerprint density at radius 2 is 1.83 bits per heavy atom. The van der Waals surface area contributed by atoms with Crippen LogP contribution >= 0.6 is 0 Å². The van der Waals surface area contributed by atoms with Gasteiger partial charge in [-0.2, -0.15) is 4.31 Å². The van der Waals surface area contributed by atoms with E-state index in [-0.39, 0.29) is 17.6 Å². The predicted molar refractivity (Wildman–Crippen MR) is 88.1 cm³/mol. The molecular formula is C15H21N3O4S. The highest BCUT2D eigenvalue weighted by Gasteiger charge is 2.27. The lowest BCUT2D eigenvalue weighted by Crippen LogP contribution is -2.51. The van der Waals surface area contributed by atoms with Gasteiger partial charge in [-0.05, 0) is 26.0 Å². The van der Waals surface area contributed by atoms with E-state index in [0.29, 0.717) is 37.4 Å². The topological polar surface area (TPSA) is 86.8 Å². The van der Waals surface area contributed by atoms with Crippen LogP contribution < -0.4 is 5.32 Å². The second-order valence-electron chi connectivity index (χ2n) is 5.35. The number of urea groups is 1. The molecule has 1 aliphatic rings. The molecule has 1 fully saturated rings. The van der Waals surface area contributed by atoms with Crippen LogP contribution in [0.5, 0.6) is 0 Å². The lowest BCUT2D eigenvalue weighted by Gasteiger charge is -2.33. The molecule has 8 heteroatoms. The van der Waals surface area contributed by atoms with Gasteiger partial charge in [0.05, 0.1) is 5.75 Å². The Balaban J connectivity index is 1.96. The zero-order valence-electron chi connectivity index (χ0n) is 13.3. The van der Waals surface area contributed by atoms with Crippen molar-refractivity contribution < 1.29 is 18.0 Å². The van der Waals surface area contributed by atoms with Crippen molar-refractivity contribution in [3.63, 3.8) is 0 Å². The van der Waals surface area contributed by atoms with E-state index in [1.807, 2.05) is 0 Å². The number of Topliss-reactive ketones (excluding diaryl/α,β-unsaturated/α-hetero) is 1. The first-order valence-corrected chi connectivity index (χ1v) is 9.09. The van der Waals surface area contributed by atoms with Crippen LogP contribution in [0.3, 0.4) is 0 Å². The lowest BCUT2D eigenvalue weighted by atomic mass is 10.1. The number of amides is 2. The summed E-state index contributed by atoms with van der Waals surface area (Å²) in [5, 5.41) is 2.74. The van der Waals surface area contributed by atoms with Crippen molar-refractivity contribution in [2.24, 2.45) is 0 Å². The summed E-state index contributed by atoms with van der Waals surface area (Å²) in [4.78, 5) is 25.2. The highest BCUT2D eigenvalue weighted by molar-refractivity contribution is 7.89. The van der Waals surface area contributed by atoms with Gasteiger partial charge in [0, 0.05) is 37.4 Å². The van der Waals surface area contributed by atoms with Gasteiger partial charge in [-0.3, -0.25) is 4.79 Å². The van der Waals surface area contributed by atoms with Crippen LogP contribution in [0.15, 0.2) is 24.3 Å². The number of carbonyl (C=O) groups is 2. The minimum Gasteiger partial charge on any atom is -0.322 e. The van der Waals surface area contributed by atoms with Crippen LogP contribution in [0, 0.1) is 0 Å². The van der Waals surface area contributed by atoms with E-state index in [1.54, 1.807) is 36.1 Å². The van der Waals surface area contributed by atoms with E-state index in [0.717, 1.165) is 0 Å². The Bertz CT molecular complexity index is 694. The molecule has 126 valence electrons. The molecule has 1 heterocycles. The summed E-state index contributed by atoms with van der Waals surface area (Å²) in [7, 11) is -3.21. The molecule has 1 aromatic carbocycles. The van der Waals surface area contributed by atoms with Crippen molar-refractivity contribution in [2.75, 3.05) is 37.2 Å². The number of anilines is 1. The van der Waals surface area contributed by atoms with E-state index in [1.165, 1.54) is 11.2 Å². The van der Waals surface area contributed by atoms with Crippen molar-refractivity contribution in [3.8, 4) is 0 Å². The van der Waals surface area contributed by atoms with Crippen molar-refractivity contribution in [2.45, 2.75) is 13.8 Å². The second kappa shape index (κ2) is 7.10. The number of hydrogen-bond acceptors (Lipinski definition) is 4. The molecule has 23 heavy (non-hydrogen) atoms. The van der Waals surface area contributed by atoms with Crippen LogP contribution in [0.1, 0.15) is 24.2 Å². The Morgan fingerprint density at radius 3 is 2.39 bits per heavy atom. The van der Waals surface area contributed by atoms with Crippen LogP contribution in [0.2, 0.25) is 0 Å². The molecule has 2 rings (SSSR count). The van der Waals surface area contributed by atoms with Gasteiger partial charge in [0.1, 0.15) is 0 Å². The summed E-state index contributed by atoms with van der Waals surface area (Å²) in [5.41, 5.74) is 1.08. The maximum Gasteiger partial charge on any atom is 0.321 e. The third-order valence-electron chi connectivity index (χ3n) is 3.80. The lowest BCUT2D eigenvalue weighted by molar-refractivity contribution is 0.101. The van der Waals surface area contributed by atoms with Gasteiger partial charge < -0.3 is 10.2 Å². The zero-order valence-corrected chi connectivity index (χ0v) is 14.1. The smallest absolute Gasteiger partial charge is 0.321 e. The minimum atomic E-state index is -3.21. The third-order valence-corrected chi connectivity index (χ3v) is 5.69. The molecular weight excluding hydrogens is 318 g/mol. The maximum absolute atomic E-state index is 12.2. The molecule has 1 aromatic rings. The second-order valence-corrected chi connectivity index (χ2v) is 7.61. The van der Waals surface area contributed by atoms with Crippen LogP contribution in [0.25, 0.3) is 0 Å². The van der Waals surface area contributed by atoms with Crippen molar-refractivity contribution >= 4 is 27.5 Å². The normalized spacial score (nSPS) is 16.2. The highest BCUT2D eigenvalue weighted by atomic mass is 32.2. The van der Waals surface area contributed by atoms with Gasteiger partial charge in [-0.25, -0.2) is 13.2 Å². The van der Waals surface area contributed by atoms with Gasteiger partial charge in [-0.1, -0.05) is 12.1 Å². The predicted octanol–water partition coefficient (Wildman–Crippen LogP) is 1.39. The molecule has 0 atom stereocenters. The van der Waals surface area contributed by atoms with Crippen LogP contribution in [-0.2, 0) is 10.0 Å². The van der Waals surface area contributed by atoms with Crippen LogP contribution in [0.4, 0.5) is 10.5 Å². The molecule has 0 bridgehead atoms. The van der Waals surface area contributed by atoms with E-state index in [4.69, 9.17) is 0 Å². The zero-order chi connectivity index (χ0) is 17.0. The van der Waals surface area contributed by atoms with Gasteiger partial charge in [-0.15, -0.1) is 0 Å². The summed E-state index contributed by atoms with van der Waals surface area (Å²) >= 11 is 0. The molecule has 0 saturated carbocycles. The molecule has 7 nitrogen and oxygen atoms in total. The number of nitrogens with one attached hydrogen (secondary N) is 1. The van der Waals surface area contributed by atoms with E-state index in [2.05, 4.69) is 5.32 Å². The maximum atomic E-state index is 12.2. The van der Waals surface area contributed by atoms with Gasteiger partial charge in [0.15, 0.2) is 5.78 Å². The fraction of sp³-hybridized carbons (Fsp3) is 0.467. The summed E-state index contributed by atoms with van der Waals surface area (Å²) in [6, 6.07) is 6.43. The summed E-state index contributed by atoms with van der Waals surface area (Å²) < 4.78 is 25.0. The Labute approximate surface area is 136 Å². The number of piperazine rings is 1. The van der Waals surface area contributed by atoms with Crippen molar-refractivity contribution in [3.05, 3.63) is 29.8 Å². The number of nitrogens with zero attached hydrogens (tertiary/aromatic N) is 2. The number of rotatable bonds is 4. The number of hydrogen-bond donors (Lipinski definition) is 1. The first-order chi connectivity index (χ1) is 10.8. The summed E-state index contributed by atoms with van der Waals surface area (Å²) in [6.45, 7) is 4.37. The molecule has 0 aromatic heterocycles. The van der Waals surface area contributed by atoms with Crippen LogP contribution in [-0.4, -0.2) is 61.4 Å². The van der Waals surface area contributed by atoms with E-state index >= 15 is 0 Å². The standard InChI is InChI=1S/C15H21N3O4S/c1-3-23(21,22)18-9-7-17(8-10-18)15(20)16-14-6-4-5-13(11-14)12(2)19/h4-6,11H,3,7-10H2,1-2H3,(H,16,20). The first-order valence-electron chi connectivity index (χ1n) is 7.48. The first kappa shape index (κ1) is 17.4. The monoisotopic (exact) mass is 339 g/mol. The van der Waals surface area contributed by atoms with E-state index in [9.17, 15) is 18.0 Å². The summed E-state index contributed by atoms with van der Waals surface area (Å²) in [5.74, 6) is -0.00342. The van der Waals surface area contributed by atoms with Gasteiger partial charge in [0.25, 0.3) is 0 Å². The Hall–Kier alpha value is -1.93. The molecule has 0 radical (unpaired) electrons. The average molecular weight is 339 g/mol. The SMILES string of the molecule is CCS(=O)(=O)N1CCN(C(=O)Nc2cccc(C(C)=O)c2)CC1. The number of sulfonamides is 1. The quantitative estimate of drug-likeness (QED) is 0.840. The Kier molecular flexibility index (Phi) is 5.38.